The number of rotatable bonds is 5. The molecule has 6 heteroatoms. The molecule has 0 rings (SSSR count). The SMILES string of the molecule is CC(C)[C@H](N)C(=O)N[C@H](C(=O)O)C(C)(C)S. The zero-order chi connectivity index (χ0) is 13.1. The van der Waals surface area contributed by atoms with Gasteiger partial charge >= 0.3 is 5.97 Å². The van der Waals surface area contributed by atoms with Crippen LogP contribution in [0.1, 0.15) is 27.7 Å². The minimum atomic E-state index is -1.12. The highest BCUT2D eigenvalue weighted by molar-refractivity contribution is 7.81. The van der Waals surface area contributed by atoms with E-state index in [2.05, 4.69) is 17.9 Å². The highest BCUT2D eigenvalue weighted by atomic mass is 32.1. The van der Waals surface area contributed by atoms with Crippen LogP contribution in [0.25, 0.3) is 0 Å². The minimum Gasteiger partial charge on any atom is -0.480 e. The number of hydrogen-bond acceptors (Lipinski definition) is 4. The average Bonchev–Trinajstić information content (AvgIpc) is 2.09. The first-order valence-corrected chi connectivity index (χ1v) is 5.53. The maximum Gasteiger partial charge on any atom is 0.327 e. The van der Waals surface area contributed by atoms with Crippen molar-refractivity contribution in [2.75, 3.05) is 0 Å². The first-order chi connectivity index (χ1) is 7.07. The van der Waals surface area contributed by atoms with E-state index in [4.69, 9.17) is 10.8 Å². The van der Waals surface area contributed by atoms with Crippen molar-refractivity contribution in [3.05, 3.63) is 0 Å². The summed E-state index contributed by atoms with van der Waals surface area (Å²) in [6.45, 7) is 6.84. The molecule has 0 aromatic rings. The number of amides is 1. The Morgan fingerprint density at radius 3 is 2.06 bits per heavy atom. The predicted octanol–water partition coefficient (Wildman–Crippen LogP) is 0.247. The molecule has 0 fully saturated rings. The van der Waals surface area contributed by atoms with Crippen LogP contribution in [0.3, 0.4) is 0 Å². The van der Waals surface area contributed by atoms with Crippen LogP contribution in [-0.2, 0) is 9.59 Å². The van der Waals surface area contributed by atoms with E-state index in [0.29, 0.717) is 0 Å². The van der Waals surface area contributed by atoms with Gasteiger partial charge in [0.05, 0.1) is 6.04 Å². The van der Waals surface area contributed by atoms with Crippen molar-refractivity contribution >= 4 is 24.5 Å². The molecule has 0 spiro atoms. The summed E-state index contributed by atoms with van der Waals surface area (Å²) >= 11 is 4.15. The van der Waals surface area contributed by atoms with Crippen molar-refractivity contribution in [3.8, 4) is 0 Å². The Hall–Kier alpha value is -0.750. The molecule has 0 bridgehead atoms. The smallest absolute Gasteiger partial charge is 0.327 e. The van der Waals surface area contributed by atoms with Crippen molar-refractivity contribution in [2.45, 2.75) is 44.5 Å². The first kappa shape index (κ1) is 15.2. The van der Waals surface area contributed by atoms with E-state index in [1.165, 1.54) is 0 Å². The maximum absolute atomic E-state index is 11.6. The van der Waals surface area contributed by atoms with Crippen LogP contribution >= 0.6 is 12.6 Å². The van der Waals surface area contributed by atoms with Crippen LogP contribution in [0.5, 0.6) is 0 Å². The summed E-state index contributed by atoms with van der Waals surface area (Å²) in [4.78, 5) is 22.6. The second-order valence-corrected chi connectivity index (χ2v) is 5.86. The number of hydrogen-bond donors (Lipinski definition) is 4. The molecule has 16 heavy (non-hydrogen) atoms. The van der Waals surface area contributed by atoms with Crippen molar-refractivity contribution in [1.82, 2.24) is 5.32 Å². The van der Waals surface area contributed by atoms with Crippen LogP contribution < -0.4 is 11.1 Å². The quantitative estimate of drug-likeness (QED) is 0.525. The van der Waals surface area contributed by atoms with Gasteiger partial charge in [0.15, 0.2) is 0 Å². The lowest BCUT2D eigenvalue weighted by atomic mass is 10.0. The summed E-state index contributed by atoms with van der Waals surface area (Å²) in [5, 5.41) is 11.4. The van der Waals surface area contributed by atoms with Crippen LogP contribution in [0, 0.1) is 5.92 Å². The number of nitrogens with two attached hydrogens (primary N) is 1. The van der Waals surface area contributed by atoms with Gasteiger partial charge in [-0.1, -0.05) is 13.8 Å². The third kappa shape index (κ3) is 4.40. The molecular weight excluding hydrogens is 228 g/mol. The van der Waals surface area contributed by atoms with Gasteiger partial charge in [-0.25, -0.2) is 4.79 Å². The molecule has 0 saturated carbocycles. The van der Waals surface area contributed by atoms with Gasteiger partial charge < -0.3 is 16.2 Å². The summed E-state index contributed by atoms with van der Waals surface area (Å²) in [6, 6.07) is -1.77. The lowest BCUT2D eigenvalue weighted by molar-refractivity contribution is -0.142. The summed E-state index contributed by atoms with van der Waals surface area (Å²) in [5.41, 5.74) is 5.62. The number of carboxylic acids is 1. The highest BCUT2D eigenvalue weighted by Gasteiger charge is 2.34. The fourth-order valence-corrected chi connectivity index (χ4v) is 1.26. The fraction of sp³-hybridized carbons (Fsp3) is 0.800. The van der Waals surface area contributed by atoms with Gasteiger partial charge in [0.1, 0.15) is 6.04 Å². The van der Waals surface area contributed by atoms with Crippen molar-refractivity contribution in [2.24, 2.45) is 11.7 Å². The van der Waals surface area contributed by atoms with E-state index < -0.39 is 28.7 Å². The molecule has 0 aromatic carbocycles. The van der Waals surface area contributed by atoms with Crippen LogP contribution in [0.4, 0.5) is 0 Å². The summed E-state index contributed by atoms with van der Waals surface area (Å²) in [6.07, 6.45) is 0. The largest absolute Gasteiger partial charge is 0.480 e. The second kappa shape index (κ2) is 5.54. The number of thiol groups is 1. The first-order valence-electron chi connectivity index (χ1n) is 5.08. The summed E-state index contributed by atoms with van der Waals surface area (Å²) < 4.78 is -0.849. The van der Waals surface area contributed by atoms with Crippen LogP contribution in [0.15, 0.2) is 0 Å². The zero-order valence-corrected chi connectivity index (χ0v) is 10.9. The van der Waals surface area contributed by atoms with Crippen molar-refractivity contribution in [3.63, 3.8) is 0 Å². The van der Waals surface area contributed by atoms with E-state index in [9.17, 15) is 9.59 Å². The molecule has 1 amide bonds. The number of nitrogens with one attached hydrogen (secondary N) is 1. The number of carboxylic acid groups (broad SMARTS) is 1. The lowest BCUT2D eigenvalue weighted by Gasteiger charge is -2.28. The molecule has 5 nitrogen and oxygen atoms in total. The van der Waals surface area contributed by atoms with Gasteiger partial charge in [-0.2, -0.15) is 12.6 Å². The Kier molecular flexibility index (Phi) is 5.28. The van der Waals surface area contributed by atoms with Crippen LogP contribution in [-0.4, -0.2) is 33.8 Å². The van der Waals surface area contributed by atoms with Gasteiger partial charge in [-0.15, -0.1) is 0 Å². The topological polar surface area (TPSA) is 92.4 Å². The normalized spacial score (nSPS) is 15.7. The van der Waals surface area contributed by atoms with Crippen molar-refractivity contribution < 1.29 is 14.7 Å². The predicted molar refractivity (Wildman–Crippen MR) is 65.4 cm³/mol. The van der Waals surface area contributed by atoms with Crippen molar-refractivity contribution in [1.29, 1.82) is 0 Å². The lowest BCUT2D eigenvalue weighted by Crippen LogP contribution is -2.56. The molecular formula is C10H20N2O3S. The number of carbonyl (C=O) groups excluding carboxylic acids is 1. The monoisotopic (exact) mass is 248 g/mol. The van der Waals surface area contributed by atoms with E-state index in [0.717, 1.165) is 0 Å². The molecule has 0 aromatic heterocycles. The molecule has 0 saturated heterocycles. The molecule has 2 atom stereocenters. The molecule has 0 aliphatic rings. The van der Waals surface area contributed by atoms with Gasteiger partial charge in [0.2, 0.25) is 5.91 Å². The summed E-state index contributed by atoms with van der Waals surface area (Å²) in [5.74, 6) is -1.63. The summed E-state index contributed by atoms with van der Waals surface area (Å²) in [7, 11) is 0. The van der Waals surface area contributed by atoms with Crippen LogP contribution in [0.2, 0.25) is 0 Å². The Morgan fingerprint density at radius 2 is 1.81 bits per heavy atom. The second-order valence-electron chi connectivity index (χ2n) is 4.70. The molecule has 94 valence electrons. The molecule has 0 aliphatic carbocycles. The number of carbonyl (C=O) groups is 2. The highest BCUT2D eigenvalue weighted by Crippen LogP contribution is 2.18. The van der Waals surface area contributed by atoms with E-state index >= 15 is 0 Å². The van der Waals surface area contributed by atoms with E-state index in [1.807, 2.05) is 0 Å². The zero-order valence-electron chi connectivity index (χ0n) is 10.0. The standard InChI is InChI=1S/C10H20N2O3S/c1-5(2)6(11)8(13)12-7(9(14)15)10(3,4)16/h5-7,16H,11H2,1-4H3,(H,12,13)(H,14,15)/t6-,7+/m0/s1. The van der Waals surface area contributed by atoms with E-state index in [-0.39, 0.29) is 5.92 Å². The van der Waals surface area contributed by atoms with Gasteiger partial charge in [-0.05, 0) is 19.8 Å². The molecule has 0 heterocycles. The Morgan fingerprint density at radius 1 is 1.38 bits per heavy atom. The average molecular weight is 248 g/mol. The fourth-order valence-electron chi connectivity index (χ4n) is 1.08. The third-order valence-electron chi connectivity index (χ3n) is 2.26. The molecule has 4 N–H and O–H groups in total. The molecule has 0 aliphatic heterocycles. The Bertz CT molecular complexity index is 274. The Labute approximate surface area is 101 Å². The van der Waals surface area contributed by atoms with Gasteiger partial charge in [0.25, 0.3) is 0 Å². The maximum atomic E-state index is 11.6. The third-order valence-corrected chi connectivity index (χ3v) is 2.52. The van der Waals surface area contributed by atoms with Gasteiger partial charge in [-0.3, -0.25) is 4.79 Å². The minimum absolute atomic E-state index is 0.0440. The Balaban J connectivity index is 4.67. The number of aliphatic carboxylic acids is 1. The van der Waals surface area contributed by atoms with Gasteiger partial charge in [0, 0.05) is 4.75 Å². The molecule has 0 radical (unpaired) electrons. The van der Waals surface area contributed by atoms with E-state index in [1.54, 1.807) is 27.7 Å². The molecule has 0 unspecified atom stereocenters.